The van der Waals surface area contributed by atoms with Gasteiger partial charge in [-0.05, 0) is 50.3 Å². The molecule has 0 heterocycles. The first-order valence-corrected chi connectivity index (χ1v) is 10.7. The maximum atomic E-state index is 11.8. The number of esters is 1. The topological polar surface area (TPSA) is 107 Å². The van der Waals surface area contributed by atoms with E-state index in [2.05, 4.69) is 0 Å². The molecule has 0 aliphatic heterocycles. The second-order valence-electron chi connectivity index (χ2n) is 6.99. The van der Waals surface area contributed by atoms with E-state index in [1.807, 2.05) is 37.3 Å². The number of carbonyl (C=O) groups excluding carboxylic acids is 1. The fraction of sp³-hybridized carbons (Fsp3) is 0.381. The molecular formula is C21H27NO5S. The lowest BCUT2D eigenvalue weighted by Gasteiger charge is -2.24. The number of hydrogen-bond donors (Lipinski definition) is 2. The van der Waals surface area contributed by atoms with Crippen molar-refractivity contribution in [1.82, 2.24) is 0 Å². The Bertz CT molecular complexity index is 842. The van der Waals surface area contributed by atoms with Crippen molar-refractivity contribution in [3.05, 3.63) is 65.7 Å². The van der Waals surface area contributed by atoms with Gasteiger partial charge in [-0.2, -0.15) is 8.42 Å². The van der Waals surface area contributed by atoms with E-state index in [1.165, 1.54) is 12.1 Å². The lowest BCUT2D eigenvalue weighted by molar-refractivity contribution is -0.151. The minimum absolute atomic E-state index is 0.0542. The van der Waals surface area contributed by atoms with Crippen molar-refractivity contribution in [1.29, 1.82) is 0 Å². The summed E-state index contributed by atoms with van der Waals surface area (Å²) in [7, 11) is -4.02. The number of hydrogen-bond acceptors (Lipinski definition) is 5. The molecule has 2 aromatic rings. The van der Waals surface area contributed by atoms with Crippen molar-refractivity contribution < 1.29 is 22.5 Å². The van der Waals surface area contributed by atoms with E-state index in [-0.39, 0.29) is 22.8 Å². The minimum atomic E-state index is -4.02. The van der Waals surface area contributed by atoms with Gasteiger partial charge in [0.25, 0.3) is 10.1 Å². The van der Waals surface area contributed by atoms with Gasteiger partial charge < -0.3 is 10.5 Å². The van der Waals surface area contributed by atoms with E-state index in [0.717, 1.165) is 36.8 Å². The van der Waals surface area contributed by atoms with Gasteiger partial charge in [0.1, 0.15) is 6.61 Å². The Morgan fingerprint density at radius 3 is 2.14 bits per heavy atom. The third kappa shape index (κ3) is 7.42. The summed E-state index contributed by atoms with van der Waals surface area (Å²) >= 11 is 0. The summed E-state index contributed by atoms with van der Waals surface area (Å²) < 4.78 is 34.9. The zero-order valence-electron chi connectivity index (χ0n) is 16.0. The molecule has 0 unspecified atom stereocenters. The van der Waals surface area contributed by atoms with Gasteiger partial charge in [0, 0.05) is 6.04 Å². The van der Waals surface area contributed by atoms with Crippen molar-refractivity contribution in [3.63, 3.8) is 0 Å². The van der Waals surface area contributed by atoms with Crippen molar-refractivity contribution in [2.45, 2.75) is 50.2 Å². The molecule has 1 fully saturated rings. The molecule has 0 bridgehead atoms. The predicted molar refractivity (Wildman–Crippen MR) is 107 cm³/mol. The molecule has 28 heavy (non-hydrogen) atoms. The first-order valence-electron chi connectivity index (χ1n) is 9.26. The van der Waals surface area contributed by atoms with Gasteiger partial charge in [0.2, 0.25) is 0 Å². The van der Waals surface area contributed by atoms with Gasteiger partial charge in [0.05, 0.1) is 10.8 Å². The summed E-state index contributed by atoms with van der Waals surface area (Å²) in [6.45, 7) is 2.22. The normalized spacial score (nSPS) is 19.2. The van der Waals surface area contributed by atoms with Crippen LogP contribution in [0.1, 0.15) is 36.8 Å². The number of aryl methyl sites for hydroxylation is 1. The average molecular weight is 406 g/mol. The molecule has 1 aliphatic carbocycles. The van der Waals surface area contributed by atoms with Crippen LogP contribution in [-0.2, 0) is 26.3 Å². The van der Waals surface area contributed by atoms with E-state index >= 15 is 0 Å². The van der Waals surface area contributed by atoms with Gasteiger partial charge in [-0.1, -0.05) is 48.0 Å². The Morgan fingerprint density at radius 2 is 1.61 bits per heavy atom. The van der Waals surface area contributed by atoms with Crippen LogP contribution in [0.4, 0.5) is 0 Å². The third-order valence-electron chi connectivity index (χ3n) is 4.65. The fourth-order valence-electron chi connectivity index (χ4n) is 2.91. The first-order chi connectivity index (χ1) is 13.3. The summed E-state index contributed by atoms with van der Waals surface area (Å²) in [6, 6.07) is 16.0. The smallest absolute Gasteiger partial charge is 0.309 e. The highest BCUT2D eigenvalue weighted by atomic mass is 32.2. The second-order valence-corrected chi connectivity index (χ2v) is 8.41. The van der Waals surface area contributed by atoms with Gasteiger partial charge in [-0.25, -0.2) is 0 Å². The highest BCUT2D eigenvalue weighted by Gasteiger charge is 2.25. The van der Waals surface area contributed by atoms with Crippen LogP contribution >= 0.6 is 0 Å². The Balaban J connectivity index is 0.000000221. The Labute approximate surface area is 166 Å². The maximum Gasteiger partial charge on any atom is 0.309 e. The van der Waals surface area contributed by atoms with E-state index in [0.29, 0.717) is 6.61 Å². The monoisotopic (exact) mass is 405 g/mol. The summed E-state index contributed by atoms with van der Waals surface area (Å²) in [5, 5.41) is 0. The molecule has 0 saturated heterocycles. The average Bonchev–Trinajstić information content (AvgIpc) is 2.68. The summed E-state index contributed by atoms with van der Waals surface area (Å²) in [5.74, 6) is -0.0146. The molecule has 3 rings (SSSR count). The van der Waals surface area contributed by atoms with Crippen molar-refractivity contribution >= 4 is 16.1 Å². The Hall–Kier alpha value is -2.22. The van der Waals surface area contributed by atoms with Gasteiger partial charge >= 0.3 is 5.97 Å². The molecule has 0 spiro atoms. The molecule has 0 radical (unpaired) electrons. The summed E-state index contributed by atoms with van der Waals surface area (Å²) in [5.41, 5.74) is 7.80. The van der Waals surface area contributed by atoms with E-state index in [1.54, 1.807) is 12.1 Å². The summed E-state index contributed by atoms with van der Waals surface area (Å²) in [4.78, 5) is 11.7. The summed E-state index contributed by atoms with van der Waals surface area (Å²) in [6.07, 6.45) is 3.61. The first kappa shape index (κ1) is 22.1. The van der Waals surface area contributed by atoms with Crippen LogP contribution in [0.3, 0.4) is 0 Å². The largest absolute Gasteiger partial charge is 0.461 e. The van der Waals surface area contributed by atoms with Crippen molar-refractivity contribution in [2.24, 2.45) is 11.7 Å². The van der Waals surface area contributed by atoms with E-state index in [9.17, 15) is 13.2 Å². The van der Waals surface area contributed by atoms with Crippen molar-refractivity contribution in [2.75, 3.05) is 0 Å². The highest BCUT2D eigenvalue weighted by Crippen LogP contribution is 2.24. The lowest BCUT2D eigenvalue weighted by Crippen LogP contribution is -2.30. The number of nitrogens with two attached hydrogens (primary N) is 1. The maximum absolute atomic E-state index is 11.8. The van der Waals surface area contributed by atoms with Crippen LogP contribution in [0.25, 0.3) is 0 Å². The van der Waals surface area contributed by atoms with Crippen LogP contribution in [-0.4, -0.2) is 25.0 Å². The SMILES string of the molecule is Cc1ccc(S(=O)(=O)O)cc1.NC1CCC(C(=O)OCc2ccccc2)CC1. The fourth-order valence-corrected chi connectivity index (χ4v) is 3.39. The standard InChI is InChI=1S/C14H19NO2.C7H8O3S/c15-13-8-6-12(7-9-13)14(16)17-10-11-4-2-1-3-5-11;1-6-2-4-7(5-3-6)11(8,9)10/h1-5,12-13H,6-10,15H2;2-5H,1H3,(H,8,9,10). The molecule has 152 valence electrons. The molecular weight excluding hydrogens is 378 g/mol. The van der Waals surface area contributed by atoms with Crippen LogP contribution in [0.2, 0.25) is 0 Å². The van der Waals surface area contributed by atoms with Crippen LogP contribution < -0.4 is 5.73 Å². The van der Waals surface area contributed by atoms with E-state index < -0.39 is 10.1 Å². The Morgan fingerprint density at radius 1 is 1.04 bits per heavy atom. The number of rotatable bonds is 4. The molecule has 1 saturated carbocycles. The number of carbonyl (C=O) groups is 1. The molecule has 2 aromatic carbocycles. The molecule has 0 amide bonds. The molecule has 0 aromatic heterocycles. The quantitative estimate of drug-likeness (QED) is 0.596. The molecule has 3 N–H and O–H groups in total. The minimum Gasteiger partial charge on any atom is -0.461 e. The van der Waals surface area contributed by atoms with Gasteiger partial charge in [-0.3, -0.25) is 9.35 Å². The Kier molecular flexibility index (Phi) is 8.17. The zero-order valence-corrected chi connectivity index (χ0v) is 16.8. The third-order valence-corrected chi connectivity index (χ3v) is 5.52. The van der Waals surface area contributed by atoms with Gasteiger partial charge in [-0.15, -0.1) is 0 Å². The number of benzene rings is 2. The van der Waals surface area contributed by atoms with Crippen molar-refractivity contribution in [3.8, 4) is 0 Å². The lowest BCUT2D eigenvalue weighted by atomic mass is 9.86. The second kappa shape index (κ2) is 10.4. The van der Waals surface area contributed by atoms with Crippen LogP contribution in [0.15, 0.2) is 59.5 Å². The molecule has 0 atom stereocenters. The molecule has 6 nitrogen and oxygen atoms in total. The number of ether oxygens (including phenoxy) is 1. The van der Waals surface area contributed by atoms with Crippen LogP contribution in [0.5, 0.6) is 0 Å². The zero-order chi connectivity index (χ0) is 20.6. The predicted octanol–water partition coefficient (Wildman–Crippen LogP) is 3.49. The highest BCUT2D eigenvalue weighted by molar-refractivity contribution is 7.85. The molecule has 1 aliphatic rings. The van der Waals surface area contributed by atoms with Gasteiger partial charge in [0.15, 0.2) is 0 Å². The van der Waals surface area contributed by atoms with Crippen LogP contribution in [0, 0.1) is 12.8 Å². The molecule has 7 heteroatoms. The van der Waals surface area contributed by atoms with E-state index in [4.69, 9.17) is 15.0 Å².